The topological polar surface area (TPSA) is 152 Å². The van der Waals surface area contributed by atoms with Crippen molar-refractivity contribution in [3.05, 3.63) is 67.0 Å². The number of hydrogen-bond acceptors (Lipinski definition) is 8. The molecule has 4 N–H and O–H groups in total. The Balaban J connectivity index is 1.37. The van der Waals surface area contributed by atoms with Gasteiger partial charge in [-0.15, -0.1) is 0 Å². The highest BCUT2D eigenvalue weighted by molar-refractivity contribution is 6.00. The van der Waals surface area contributed by atoms with E-state index >= 15 is 0 Å². The Labute approximate surface area is 217 Å². The van der Waals surface area contributed by atoms with Gasteiger partial charge in [0.2, 0.25) is 0 Å². The van der Waals surface area contributed by atoms with Crippen LogP contribution < -0.4 is 11.5 Å². The summed E-state index contributed by atoms with van der Waals surface area (Å²) in [5, 5.41) is 6.66. The van der Waals surface area contributed by atoms with Crippen LogP contribution >= 0.6 is 0 Å². The number of fused-ring (bicyclic) bond motifs is 2. The number of nitrogen functional groups attached to an aromatic ring is 1. The van der Waals surface area contributed by atoms with Crippen LogP contribution in [0.1, 0.15) is 31.7 Å². The molecule has 0 saturated heterocycles. The van der Waals surface area contributed by atoms with Crippen LogP contribution in [0.2, 0.25) is 0 Å². The van der Waals surface area contributed by atoms with Gasteiger partial charge in [0.25, 0.3) is 0 Å². The van der Waals surface area contributed by atoms with Gasteiger partial charge in [-0.1, -0.05) is 48.5 Å². The number of benzene rings is 2. The lowest BCUT2D eigenvalue weighted by molar-refractivity contribution is -0.143. The number of primary amides is 1. The SMILES string of the molecule is NC(=O)OC(=O)C1CCC(n2nc(-c3ccc4ccc(-c5ccccc5)nc4c3)c3c(N)ncnc32)CC1. The zero-order valence-corrected chi connectivity index (χ0v) is 20.4. The Kier molecular flexibility index (Phi) is 5.91. The summed E-state index contributed by atoms with van der Waals surface area (Å²) in [4.78, 5) is 36.7. The summed E-state index contributed by atoms with van der Waals surface area (Å²) in [6.45, 7) is 0. The lowest BCUT2D eigenvalue weighted by atomic mass is 9.86. The molecule has 38 heavy (non-hydrogen) atoms. The largest absolute Gasteiger partial charge is 0.412 e. The van der Waals surface area contributed by atoms with Gasteiger partial charge in [-0.05, 0) is 37.8 Å². The molecule has 0 spiro atoms. The van der Waals surface area contributed by atoms with Crippen LogP contribution in [0, 0.1) is 5.92 Å². The van der Waals surface area contributed by atoms with Crippen molar-refractivity contribution >= 4 is 39.8 Å². The third-order valence-corrected chi connectivity index (χ3v) is 7.13. The Morgan fingerprint density at radius 2 is 1.68 bits per heavy atom. The summed E-state index contributed by atoms with van der Waals surface area (Å²) in [6, 6.07) is 20.2. The number of nitrogens with zero attached hydrogens (tertiary/aromatic N) is 5. The monoisotopic (exact) mass is 507 g/mol. The standard InChI is InChI=1S/C28H25N7O3/c29-25-23-24(19-7-6-17-10-13-21(33-22(17)14-19)16-4-2-1-3-5-16)34-35(26(23)32-15-31-25)20-11-8-18(9-12-20)27(36)38-28(30)37/h1-7,10,13-15,18,20H,8-9,11-12H2,(H2,30,37)(H2,29,31,32). The summed E-state index contributed by atoms with van der Waals surface area (Å²) < 4.78 is 6.47. The van der Waals surface area contributed by atoms with Crippen molar-refractivity contribution in [1.82, 2.24) is 24.7 Å². The second-order valence-corrected chi connectivity index (χ2v) is 9.47. The lowest BCUT2D eigenvalue weighted by Gasteiger charge is -2.27. The first-order valence-electron chi connectivity index (χ1n) is 12.4. The second-order valence-electron chi connectivity index (χ2n) is 9.47. The fourth-order valence-corrected chi connectivity index (χ4v) is 5.22. The minimum atomic E-state index is -1.08. The Bertz CT molecular complexity index is 1670. The first-order chi connectivity index (χ1) is 18.5. The molecule has 10 nitrogen and oxygen atoms in total. The highest BCUT2D eigenvalue weighted by Gasteiger charge is 2.31. The number of carbonyl (C=O) groups excluding carboxylic acids is 2. The number of aromatic nitrogens is 5. The molecular formula is C28H25N7O3. The number of carbonyl (C=O) groups is 2. The van der Waals surface area contributed by atoms with Crippen molar-refractivity contribution in [3.63, 3.8) is 0 Å². The van der Waals surface area contributed by atoms with Gasteiger partial charge in [-0.3, -0.25) is 4.79 Å². The van der Waals surface area contributed by atoms with E-state index in [1.165, 1.54) is 6.33 Å². The molecular weight excluding hydrogens is 482 g/mol. The number of hydrogen-bond donors (Lipinski definition) is 2. The molecule has 2 aromatic carbocycles. The maximum atomic E-state index is 12.1. The fraction of sp³-hybridized carbons (Fsp3) is 0.214. The predicted molar refractivity (Wildman–Crippen MR) is 143 cm³/mol. The number of nitrogens with two attached hydrogens (primary N) is 2. The van der Waals surface area contributed by atoms with E-state index < -0.39 is 12.1 Å². The summed E-state index contributed by atoms with van der Waals surface area (Å²) in [6.07, 6.45) is 2.79. The van der Waals surface area contributed by atoms with E-state index in [0.717, 1.165) is 27.7 Å². The van der Waals surface area contributed by atoms with E-state index in [-0.39, 0.29) is 12.0 Å². The molecule has 1 aliphatic carbocycles. The Hall–Kier alpha value is -4.86. The van der Waals surface area contributed by atoms with Crippen LogP contribution in [-0.4, -0.2) is 36.8 Å². The number of pyridine rings is 1. The summed E-state index contributed by atoms with van der Waals surface area (Å²) in [5.74, 6) is -0.599. The van der Waals surface area contributed by atoms with Crippen LogP contribution in [0.15, 0.2) is 67.0 Å². The highest BCUT2D eigenvalue weighted by atomic mass is 16.6. The number of ether oxygens (including phenoxy) is 1. The third kappa shape index (κ3) is 4.30. The van der Waals surface area contributed by atoms with Crippen molar-refractivity contribution in [1.29, 1.82) is 0 Å². The molecule has 0 radical (unpaired) electrons. The number of anilines is 1. The first-order valence-corrected chi connectivity index (χ1v) is 12.4. The molecule has 1 amide bonds. The van der Waals surface area contributed by atoms with Gasteiger partial charge in [0.05, 0.1) is 28.6 Å². The minimum Gasteiger partial charge on any atom is -0.383 e. The average Bonchev–Trinajstić information content (AvgIpc) is 3.34. The molecule has 0 unspecified atom stereocenters. The van der Waals surface area contributed by atoms with Gasteiger partial charge in [0.15, 0.2) is 5.65 Å². The zero-order chi connectivity index (χ0) is 26.2. The molecule has 5 aromatic rings. The zero-order valence-electron chi connectivity index (χ0n) is 20.4. The van der Waals surface area contributed by atoms with Gasteiger partial charge in [0.1, 0.15) is 17.8 Å². The third-order valence-electron chi connectivity index (χ3n) is 7.13. The smallest absolute Gasteiger partial charge is 0.383 e. The molecule has 1 fully saturated rings. The van der Waals surface area contributed by atoms with Gasteiger partial charge < -0.3 is 16.2 Å². The van der Waals surface area contributed by atoms with Crippen LogP contribution in [-0.2, 0) is 9.53 Å². The quantitative estimate of drug-likeness (QED) is 0.263. The number of rotatable bonds is 4. The maximum Gasteiger partial charge on any atom is 0.412 e. The molecule has 1 aliphatic rings. The van der Waals surface area contributed by atoms with Crippen molar-refractivity contribution in [2.75, 3.05) is 5.73 Å². The summed E-state index contributed by atoms with van der Waals surface area (Å²) in [5.41, 5.74) is 16.3. The van der Waals surface area contributed by atoms with E-state index in [1.807, 2.05) is 59.3 Å². The van der Waals surface area contributed by atoms with Crippen LogP contribution in [0.3, 0.4) is 0 Å². The van der Waals surface area contributed by atoms with Crippen LogP contribution in [0.5, 0.6) is 0 Å². The molecule has 1 saturated carbocycles. The van der Waals surface area contributed by atoms with Crippen molar-refractivity contribution in [3.8, 4) is 22.5 Å². The molecule has 10 heteroatoms. The molecule has 3 aromatic heterocycles. The van der Waals surface area contributed by atoms with E-state index in [0.29, 0.717) is 48.2 Å². The molecule has 0 aliphatic heterocycles. The van der Waals surface area contributed by atoms with Crippen molar-refractivity contribution in [2.45, 2.75) is 31.7 Å². The second kappa shape index (κ2) is 9.55. The van der Waals surface area contributed by atoms with Crippen molar-refractivity contribution < 1.29 is 14.3 Å². The molecule has 190 valence electrons. The fourth-order valence-electron chi connectivity index (χ4n) is 5.22. The van der Waals surface area contributed by atoms with E-state index in [1.54, 1.807) is 0 Å². The van der Waals surface area contributed by atoms with Crippen LogP contribution in [0.25, 0.3) is 44.5 Å². The molecule has 0 atom stereocenters. The summed E-state index contributed by atoms with van der Waals surface area (Å²) in [7, 11) is 0. The molecule has 0 bridgehead atoms. The van der Waals surface area contributed by atoms with Gasteiger partial charge >= 0.3 is 12.1 Å². The number of esters is 1. The Morgan fingerprint density at radius 1 is 0.921 bits per heavy atom. The van der Waals surface area contributed by atoms with E-state index in [4.69, 9.17) is 21.5 Å². The normalized spacial score (nSPS) is 17.5. The number of amides is 1. The van der Waals surface area contributed by atoms with Gasteiger partial charge in [-0.2, -0.15) is 5.10 Å². The van der Waals surface area contributed by atoms with Crippen molar-refractivity contribution in [2.24, 2.45) is 11.7 Å². The van der Waals surface area contributed by atoms with Crippen LogP contribution in [0.4, 0.5) is 10.6 Å². The van der Waals surface area contributed by atoms with Gasteiger partial charge in [-0.25, -0.2) is 24.4 Å². The first kappa shape index (κ1) is 23.5. The summed E-state index contributed by atoms with van der Waals surface area (Å²) >= 11 is 0. The van der Waals surface area contributed by atoms with E-state index in [2.05, 4.69) is 20.8 Å². The minimum absolute atomic E-state index is 0.00134. The predicted octanol–water partition coefficient (Wildman–Crippen LogP) is 4.64. The maximum absolute atomic E-state index is 12.1. The lowest BCUT2D eigenvalue weighted by Crippen LogP contribution is -2.29. The molecule has 6 rings (SSSR count). The Morgan fingerprint density at radius 3 is 2.45 bits per heavy atom. The molecule has 3 heterocycles. The van der Waals surface area contributed by atoms with Gasteiger partial charge in [0, 0.05) is 16.5 Å². The average molecular weight is 508 g/mol. The highest BCUT2D eigenvalue weighted by Crippen LogP contribution is 2.38. The van der Waals surface area contributed by atoms with E-state index in [9.17, 15) is 9.59 Å².